The van der Waals surface area contributed by atoms with Crippen molar-refractivity contribution in [3.8, 4) is 17.2 Å². The first-order valence-corrected chi connectivity index (χ1v) is 7.46. The lowest BCUT2D eigenvalue weighted by atomic mass is 10.2. The Morgan fingerprint density at radius 3 is 2.65 bits per heavy atom. The summed E-state index contributed by atoms with van der Waals surface area (Å²) in [5.41, 5.74) is 2.48. The van der Waals surface area contributed by atoms with Gasteiger partial charge in [0, 0.05) is 12.0 Å². The molecule has 0 spiro atoms. The van der Waals surface area contributed by atoms with Gasteiger partial charge in [0.25, 0.3) is 0 Å². The highest BCUT2D eigenvalue weighted by molar-refractivity contribution is 5.53. The number of aliphatic hydroxyl groups is 1. The maximum atomic E-state index is 8.96. The molecule has 0 saturated carbocycles. The number of rotatable bonds is 6. The minimum atomic E-state index is -0.0688. The highest BCUT2D eigenvalue weighted by Crippen LogP contribution is 2.21. The summed E-state index contributed by atoms with van der Waals surface area (Å²) in [6, 6.07) is 13.4. The summed E-state index contributed by atoms with van der Waals surface area (Å²) in [5, 5.41) is 8.96. The summed E-state index contributed by atoms with van der Waals surface area (Å²) in [4.78, 5) is 8.62. The summed E-state index contributed by atoms with van der Waals surface area (Å²) in [6.07, 6.45) is 2.26. The number of aromatic nitrogens is 2. The van der Waals surface area contributed by atoms with Crippen LogP contribution in [0.25, 0.3) is 11.5 Å². The van der Waals surface area contributed by atoms with Crippen LogP contribution in [0.2, 0.25) is 0 Å². The van der Waals surface area contributed by atoms with E-state index in [1.807, 2.05) is 37.3 Å². The Morgan fingerprint density at radius 2 is 1.96 bits per heavy atom. The van der Waals surface area contributed by atoms with Gasteiger partial charge in [-0.3, -0.25) is 4.98 Å². The summed E-state index contributed by atoms with van der Waals surface area (Å²) >= 11 is 0. The molecule has 23 heavy (non-hydrogen) atoms. The van der Waals surface area contributed by atoms with Gasteiger partial charge in [-0.1, -0.05) is 18.2 Å². The lowest BCUT2D eigenvalue weighted by Gasteiger charge is -2.05. The van der Waals surface area contributed by atoms with Crippen LogP contribution >= 0.6 is 0 Å². The van der Waals surface area contributed by atoms with Gasteiger partial charge in [0.15, 0.2) is 0 Å². The number of ether oxygens (including phenoxy) is 1. The van der Waals surface area contributed by atoms with Crippen molar-refractivity contribution in [1.29, 1.82) is 0 Å². The van der Waals surface area contributed by atoms with Crippen molar-refractivity contribution >= 4 is 0 Å². The minimum absolute atomic E-state index is 0.0688. The predicted octanol–water partition coefficient (Wildman–Crippen LogP) is 3.16. The monoisotopic (exact) mass is 310 g/mol. The van der Waals surface area contributed by atoms with Gasteiger partial charge in [-0.05, 0) is 31.2 Å². The second kappa shape index (κ2) is 7.07. The van der Waals surface area contributed by atoms with Gasteiger partial charge in [0.1, 0.15) is 11.5 Å². The average Bonchev–Trinajstić information content (AvgIpc) is 2.97. The molecule has 0 fully saturated rings. The first kappa shape index (κ1) is 15.2. The van der Waals surface area contributed by atoms with Gasteiger partial charge in [-0.25, -0.2) is 4.98 Å². The van der Waals surface area contributed by atoms with E-state index in [4.69, 9.17) is 14.3 Å². The lowest BCUT2D eigenvalue weighted by molar-refractivity contribution is 0.275. The third kappa shape index (κ3) is 3.76. The number of nitrogens with zero attached hydrogens (tertiary/aromatic N) is 2. The Kier molecular flexibility index (Phi) is 4.68. The standard InChI is InChI=1S/C18H18N2O3/c1-13-17(20-18(23-13)14-5-3-2-4-6-14)9-10-22-16-8-7-15(12-21)19-11-16/h2-8,11,21H,9-10,12H2,1H3. The molecule has 5 nitrogen and oxygen atoms in total. The Bertz CT molecular complexity index is 752. The topological polar surface area (TPSA) is 68.4 Å². The molecule has 5 heteroatoms. The van der Waals surface area contributed by atoms with E-state index in [1.165, 1.54) is 0 Å². The summed E-state index contributed by atoms with van der Waals surface area (Å²) in [5.74, 6) is 2.11. The second-order valence-electron chi connectivity index (χ2n) is 5.13. The zero-order valence-corrected chi connectivity index (χ0v) is 12.9. The summed E-state index contributed by atoms with van der Waals surface area (Å²) < 4.78 is 11.4. The minimum Gasteiger partial charge on any atom is -0.492 e. The molecule has 2 heterocycles. The van der Waals surface area contributed by atoms with Crippen molar-refractivity contribution in [1.82, 2.24) is 9.97 Å². The zero-order chi connectivity index (χ0) is 16.1. The SMILES string of the molecule is Cc1oc(-c2ccccc2)nc1CCOc1ccc(CO)nc1. The van der Waals surface area contributed by atoms with Gasteiger partial charge < -0.3 is 14.3 Å². The molecule has 2 aromatic heterocycles. The molecule has 0 aliphatic rings. The Balaban J connectivity index is 1.61. The van der Waals surface area contributed by atoms with Crippen LogP contribution in [0.4, 0.5) is 0 Å². The van der Waals surface area contributed by atoms with Crippen molar-refractivity contribution in [3.63, 3.8) is 0 Å². The van der Waals surface area contributed by atoms with E-state index in [0.29, 0.717) is 30.4 Å². The molecular formula is C18H18N2O3. The number of benzene rings is 1. The van der Waals surface area contributed by atoms with E-state index in [0.717, 1.165) is 17.0 Å². The number of oxazole rings is 1. The predicted molar refractivity (Wildman–Crippen MR) is 86.0 cm³/mol. The third-order valence-electron chi connectivity index (χ3n) is 3.48. The maximum Gasteiger partial charge on any atom is 0.226 e. The van der Waals surface area contributed by atoms with Crippen molar-refractivity contribution in [2.24, 2.45) is 0 Å². The highest BCUT2D eigenvalue weighted by atomic mass is 16.5. The first-order valence-electron chi connectivity index (χ1n) is 7.46. The molecule has 0 aliphatic carbocycles. The largest absolute Gasteiger partial charge is 0.492 e. The molecule has 3 aromatic rings. The van der Waals surface area contributed by atoms with Gasteiger partial charge in [-0.2, -0.15) is 0 Å². The quantitative estimate of drug-likeness (QED) is 0.757. The fraction of sp³-hybridized carbons (Fsp3) is 0.222. The average molecular weight is 310 g/mol. The molecule has 1 aromatic carbocycles. The molecule has 0 radical (unpaired) electrons. The fourth-order valence-electron chi connectivity index (χ4n) is 2.22. The molecule has 3 rings (SSSR count). The molecule has 0 atom stereocenters. The fourth-order valence-corrected chi connectivity index (χ4v) is 2.22. The van der Waals surface area contributed by atoms with E-state index < -0.39 is 0 Å². The number of aliphatic hydroxyl groups excluding tert-OH is 1. The van der Waals surface area contributed by atoms with E-state index >= 15 is 0 Å². The summed E-state index contributed by atoms with van der Waals surface area (Å²) in [7, 11) is 0. The zero-order valence-electron chi connectivity index (χ0n) is 12.9. The molecule has 0 aliphatic heterocycles. The van der Waals surface area contributed by atoms with Crippen LogP contribution in [0.5, 0.6) is 5.75 Å². The lowest BCUT2D eigenvalue weighted by Crippen LogP contribution is -2.03. The molecule has 0 bridgehead atoms. The highest BCUT2D eigenvalue weighted by Gasteiger charge is 2.11. The first-order chi connectivity index (χ1) is 11.3. The second-order valence-corrected chi connectivity index (χ2v) is 5.13. The van der Waals surface area contributed by atoms with Crippen LogP contribution in [-0.4, -0.2) is 21.7 Å². The van der Waals surface area contributed by atoms with Crippen molar-refractivity contribution in [2.45, 2.75) is 20.0 Å². The van der Waals surface area contributed by atoms with E-state index in [1.54, 1.807) is 18.3 Å². The smallest absolute Gasteiger partial charge is 0.226 e. The van der Waals surface area contributed by atoms with Crippen molar-refractivity contribution in [2.75, 3.05) is 6.61 Å². The van der Waals surface area contributed by atoms with E-state index in [-0.39, 0.29) is 6.61 Å². The van der Waals surface area contributed by atoms with Crippen LogP contribution in [0.3, 0.4) is 0 Å². The molecule has 0 unspecified atom stereocenters. The van der Waals surface area contributed by atoms with Gasteiger partial charge in [-0.15, -0.1) is 0 Å². The van der Waals surface area contributed by atoms with E-state index in [9.17, 15) is 0 Å². The number of hydrogen-bond acceptors (Lipinski definition) is 5. The Hall–Kier alpha value is -2.66. The van der Waals surface area contributed by atoms with Crippen LogP contribution in [0, 0.1) is 6.92 Å². The van der Waals surface area contributed by atoms with E-state index in [2.05, 4.69) is 9.97 Å². The van der Waals surface area contributed by atoms with Crippen LogP contribution in [0.1, 0.15) is 17.1 Å². The van der Waals surface area contributed by atoms with Gasteiger partial charge in [0.2, 0.25) is 5.89 Å². The maximum absolute atomic E-state index is 8.96. The molecule has 0 saturated heterocycles. The summed E-state index contributed by atoms with van der Waals surface area (Å²) in [6.45, 7) is 2.33. The van der Waals surface area contributed by atoms with Gasteiger partial charge >= 0.3 is 0 Å². The van der Waals surface area contributed by atoms with Crippen LogP contribution in [0.15, 0.2) is 53.1 Å². The molecule has 118 valence electrons. The molecule has 0 amide bonds. The third-order valence-corrected chi connectivity index (χ3v) is 3.48. The number of pyridine rings is 1. The van der Waals surface area contributed by atoms with Crippen molar-refractivity contribution < 1.29 is 14.3 Å². The molecular weight excluding hydrogens is 292 g/mol. The Labute approximate surface area is 134 Å². The van der Waals surface area contributed by atoms with Crippen LogP contribution in [-0.2, 0) is 13.0 Å². The van der Waals surface area contributed by atoms with Gasteiger partial charge in [0.05, 0.1) is 30.8 Å². The molecule has 1 N–H and O–H groups in total. The number of aryl methyl sites for hydroxylation is 1. The number of hydrogen-bond donors (Lipinski definition) is 1. The Morgan fingerprint density at radius 1 is 1.13 bits per heavy atom. The van der Waals surface area contributed by atoms with Crippen molar-refractivity contribution in [3.05, 3.63) is 65.8 Å². The van der Waals surface area contributed by atoms with Crippen LogP contribution < -0.4 is 4.74 Å². The normalized spacial score (nSPS) is 10.7.